The fourth-order valence-corrected chi connectivity index (χ4v) is 2.03. The number of methoxy groups -OCH3 is 1. The Morgan fingerprint density at radius 3 is 2.67 bits per heavy atom. The topological polar surface area (TPSA) is 51.4 Å². The third kappa shape index (κ3) is 3.96. The number of ether oxygens (including phenoxy) is 1. The molecule has 0 aliphatic rings. The van der Waals surface area contributed by atoms with Gasteiger partial charge in [0, 0.05) is 25.9 Å². The number of aryl methyl sites for hydroxylation is 1. The first-order valence-corrected chi connectivity index (χ1v) is 6.51. The Hall–Kier alpha value is -1.13. The van der Waals surface area contributed by atoms with Crippen LogP contribution in [0.25, 0.3) is 0 Å². The molecule has 0 spiro atoms. The molecule has 0 fully saturated rings. The predicted octanol–water partition coefficient (Wildman–Crippen LogP) is 1.75. The summed E-state index contributed by atoms with van der Waals surface area (Å²) >= 11 is 0. The summed E-state index contributed by atoms with van der Waals surface area (Å²) in [5, 5.41) is 0. The first-order chi connectivity index (χ1) is 8.60. The van der Waals surface area contributed by atoms with Gasteiger partial charge in [0.25, 0.3) is 0 Å². The maximum absolute atomic E-state index is 5.57. The highest BCUT2D eigenvalue weighted by molar-refractivity contribution is 5.48. The van der Waals surface area contributed by atoms with Crippen LogP contribution < -0.4 is 10.6 Å². The lowest BCUT2D eigenvalue weighted by Crippen LogP contribution is -2.35. The van der Waals surface area contributed by atoms with Crippen molar-refractivity contribution in [3.63, 3.8) is 0 Å². The number of hydrogen-bond acceptors (Lipinski definition) is 4. The largest absolute Gasteiger partial charge is 0.383 e. The zero-order chi connectivity index (χ0) is 13.5. The lowest BCUT2D eigenvalue weighted by atomic mass is 10.1. The van der Waals surface area contributed by atoms with E-state index in [2.05, 4.69) is 36.7 Å². The van der Waals surface area contributed by atoms with Gasteiger partial charge in [-0.15, -0.1) is 0 Å². The molecular weight excluding hydrogens is 226 g/mol. The van der Waals surface area contributed by atoms with Gasteiger partial charge in [0.1, 0.15) is 5.82 Å². The molecule has 0 aliphatic heterocycles. The van der Waals surface area contributed by atoms with Crippen molar-refractivity contribution in [2.24, 2.45) is 5.73 Å². The SMILES string of the molecule is COCCN(c1ncc(CCN)cc1C)C(C)C. The fourth-order valence-electron chi connectivity index (χ4n) is 2.03. The summed E-state index contributed by atoms with van der Waals surface area (Å²) in [6, 6.07) is 2.59. The molecule has 1 aromatic rings. The van der Waals surface area contributed by atoms with Crippen molar-refractivity contribution >= 4 is 5.82 Å². The number of aromatic nitrogens is 1. The molecule has 0 saturated heterocycles. The monoisotopic (exact) mass is 251 g/mol. The standard InChI is InChI=1S/C14H25N3O/c1-11(2)17(7-8-18-4)14-12(3)9-13(5-6-15)10-16-14/h9-11H,5-8,15H2,1-4H3. The van der Waals surface area contributed by atoms with Crippen LogP contribution in [0.2, 0.25) is 0 Å². The van der Waals surface area contributed by atoms with E-state index in [1.54, 1.807) is 7.11 Å². The Labute approximate surface area is 110 Å². The summed E-state index contributed by atoms with van der Waals surface area (Å²) in [4.78, 5) is 6.86. The van der Waals surface area contributed by atoms with Crippen molar-refractivity contribution in [3.05, 3.63) is 23.4 Å². The quantitative estimate of drug-likeness (QED) is 0.802. The minimum atomic E-state index is 0.409. The molecule has 0 atom stereocenters. The van der Waals surface area contributed by atoms with Crippen LogP contribution in [0.1, 0.15) is 25.0 Å². The van der Waals surface area contributed by atoms with E-state index in [0.717, 1.165) is 18.8 Å². The fraction of sp³-hybridized carbons (Fsp3) is 0.643. The minimum absolute atomic E-state index is 0.409. The van der Waals surface area contributed by atoms with Crippen molar-refractivity contribution < 1.29 is 4.74 Å². The second-order valence-electron chi connectivity index (χ2n) is 4.80. The van der Waals surface area contributed by atoms with E-state index in [1.165, 1.54) is 11.1 Å². The van der Waals surface area contributed by atoms with Crippen LogP contribution in [0.15, 0.2) is 12.3 Å². The third-order valence-electron chi connectivity index (χ3n) is 2.97. The van der Waals surface area contributed by atoms with Gasteiger partial charge in [-0.25, -0.2) is 4.98 Å². The van der Waals surface area contributed by atoms with Gasteiger partial charge < -0.3 is 15.4 Å². The summed E-state index contributed by atoms with van der Waals surface area (Å²) in [7, 11) is 1.73. The first-order valence-electron chi connectivity index (χ1n) is 6.51. The molecule has 0 radical (unpaired) electrons. The first kappa shape index (κ1) is 14.9. The highest BCUT2D eigenvalue weighted by Gasteiger charge is 2.14. The number of pyridine rings is 1. The molecule has 18 heavy (non-hydrogen) atoms. The summed E-state index contributed by atoms with van der Waals surface area (Å²) in [6.45, 7) is 8.68. The van der Waals surface area contributed by atoms with Gasteiger partial charge in [-0.1, -0.05) is 6.07 Å². The van der Waals surface area contributed by atoms with E-state index in [4.69, 9.17) is 10.5 Å². The summed E-state index contributed by atoms with van der Waals surface area (Å²) in [6.07, 6.45) is 2.81. The zero-order valence-electron chi connectivity index (χ0n) is 11.9. The average Bonchev–Trinajstić information content (AvgIpc) is 2.32. The van der Waals surface area contributed by atoms with Gasteiger partial charge >= 0.3 is 0 Å². The second kappa shape index (κ2) is 7.34. The lowest BCUT2D eigenvalue weighted by molar-refractivity contribution is 0.203. The molecule has 0 unspecified atom stereocenters. The van der Waals surface area contributed by atoms with Crippen LogP contribution in [0, 0.1) is 6.92 Å². The molecule has 4 heteroatoms. The third-order valence-corrected chi connectivity index (χ3v) is 2.97. The van der Waals surface area contributed by atoms with Gasteiger partial charge in [0.05, 0.1) is 6.61 Å². The molecule has 0 bridgehead atoms. The van der Waals surface area contributed by atoms with Crippen molar-refractivity contribution in [2.75, 3.05) is 31.7 Å². The number of nitrogens with two attached hydrogens (primary N) is 1. The van der Waals surface area contributed by atoms with Crippen molar-refractivity contribution in [3.8, 4) is 0 Å². The molecule has 0 aromatic carbocycles. The van der Waals surface area contributed by atoms with E-state index >= 15 is 0 Å². The maximum atomic E-state index is 5.57. The van der Waals surface area contributed by atoms with Crippen LogP contribution in [0.5, 0.6) is 0 Å². The molecule has 2 N–H and O–H groups in total. The normalized spacial score (nSPS) is 11.0. The van der Waals surface area contributed by atoms with Crippen LogP contribution >= 0.6 is 0 Å². The lowest BCUT2D eigenvalue weighted by Gasteiger charge is -2.29. The molecule has 102 valence electrons. The molecule has 1 aromatic heterocycles. The van der Waals surface area contributed by atoms with Gasteiger partial charge in [-0.2, -0.15) is 0 Å². The van der Waals surface area contributed by atoms with Gasteiger partial charge in [0.2, 0.25) is 0 Å². The molecule has 4 nitrogen and oxygen atoms in total. The molecule has 1 heterocycles. The number of nitrogens with zero attached hydrogens (tertiary/aromatic N) is 2. The summed E-state index contributed by atoms with van der Waals surface area (Å²) in [5.41, 5.74) is 7.97. The average molecular weight is 251 g/mol. The van der Waals surface area contributed by atoms with E-state index in [-0.39, 0.29) is 0 Å². The molecular formula is C14H25N3O. The van der Waals surface area contributed by atoms with Crippen LogP contribution in [-0.4, -0.2) is 37.8 Å². The summed E-state index contributed by atoms with van der Waals surface area (Å²) in [5.74, 6) is 1.04. The van der Waals surface area contributed by atoms with Crippen LogP contribution in [0.3, 0.4) is 0 Å². The van der Waals surface area contributed by atoms with E-state index in [9.17, 15) is 0 Å². The van der Waals surface area contributed by atoms with Crippen molar-refractivity contribution in [1.82, 2.24) is 4.98 Å². The van der Waals surface area contributed by atoms with Crippen molar-refractivity contribution in [1.29, 1.82) is 0 Å². The predicted molar refractivity (Wildman–Crippen MR) is 76.1 cm³/mol. The van der Waals surface area contributed by atoms with Gasteiger partial charge in [-0.05, 0) is 44.9 Å². The van der Waals surface area contributed by atoms with Gasteiger partial charge in [0.15, 0.2) is 0 Å². The van der Waals surface area contributed by atoms with Crippen LogP contribution in [0.4, 0.5) is 5.82 Å². The molecule has 1 rings (SSSR count). The Bertz CT molecular complexity index is 366. The van der Waals surface area contributed by atoms with Crippen molar-refractivity contribution in [2.45, 2.75) is 33.2 Å². The maximum Gasteiger partial charge on any atom is 0.131 e. The highest BCUT2D eigenvalue weighted by atomic mass is 16.5. The molecule has 0 saturated carbocycles. The Balaban J connectivity index is 2.90. The Kier molecular flexibility index (Phi) is 6.09. The number of anilines is 1. The van der Waals surface area contributed by atoms with E-state index in [0.29, 0.717) is 19.2 Å². The van der Waals surface area contributed by atoms with E-state index < -0.39 is 0 Å². The minimum Gasteiger partial charge on any atom is -0.383 e. The smallest absolute Gasteiger partial charge is 0.131 e. The van der Waals surface area contributed by atoms with E-state index in [1.807, 2.05) is 6.20 Å². The highest BCUT2D eigenvalue weighted by Crippen LogP contribution is 2.20. The zero-order valence-corrected chi connectivity index (χ0v) is 11.9. The van der Waals surface area contributed by atoms with Gasteiger partial charge in [-0.3, -0.25) is 0 Å². The second-order valence-corrected chi connectivity index (χ2v) is 4.80. The number of rotatable bonds is 7. The number of hydrogen-bond donors (Lipinski definition) is 1. The molecule has 0 amide bonds. The Morgan fingerprint density at radius 2 is 2.17 bits per heavy atom. The summed E-state index contributed by atoms with van der Waals surface area (Å²) < 4.78 is 5.16. The van der Waals surface area contributed by atoms with Crippen LogP contribution in [-0.2, 0) is 11.2 Å². The molecule has 0 aliphatic carbocycles. The Morgan fingerprint density at radius 1 is 1.44 bits per heavy atom.